The Hall–Kier alpha value is -3.52. The number of methoxy groups -OCH3 is 2. The highest BCUT2D eigenvalue weighted by Gasteiger charge is 2.32. The number of halogens is 1. The third-order valence-corrected chi connectivity index (χ3v) is 5.57. The quantitative estimate of drug-likeness (QED) is 0.546. The van der Waals surface area contributed by atoms with Crippen LogP contribution in [-0.2, 0) is 16.0 Å². The number of hydrogen-bond acceptors (Lipinski definition) is 6. The highest BCUT2D eigenvalue weighted by atomic mass is 19.1. The molecule has 166 valence electrons. The van der Waals surface area contributed by atoms with Gasteiger partial charge < -0.3 is 9.47 Å². The number of para-hydroxylation sites is 1. The van der Waals surface area contributed by atoms with Crippen LogP contribution in [0.5, 0.6) is 0 Å². The smallest absolute Gasteiger partial charge is 0.357 e. The number of hydrogen-bond donors (Lipinski definition) is 0. The zero-order chi connectivity index (χ0) is 22.7. The van der Waals surface area contributed by atoms with Crippen LogP contribution in [0.15, 0.2) is 48.5 Å². The maximum atomic E-state index is 14.2. The molecule has 0 unspecified atom stereocenters. The van der Waals surface area contributed by atoms with Crippen LogP contribution in [0.2, 0.25) is 0 Å². The predicted molar refractivity (Wildman–Crippen MR) is 116 cm³/mol. The number of benzene rings is 2. The molecule has 0 amide bonds. The molecular formula is C24H24FN3O4. The average Bonchev–Trinajstić information content (AvgIpc) is 3.47. The van der Waals surface area contributed by atoms with Crippen LogP contribution in [-0.4, -0.2) is 53.9 Å². The summed E-state index contributed by atoms with van der Waals surface area (Å²) in [6.45, 7) is 2.36. The van der Waals surface area contributed by atoms with Crippen molar-refractivity contribution in [1.29, 1.82) is 0 Å². The van der Waals surface area contributed by atoms with Gasteiger partial charge in [-0.3, -0.25) is 4.90 Å². The molecule has 1 fully saturated rings. The first kappa shape index (κ1) is 21.7. The van der Waals surface area contributed by atoms with Gasteiger partial charge in [0.15, 0.2) is 5.69 Å². The SMILES string of the molecule is COC(=O)c1c(-c2ccc(F)cc2CN2CCCC2)nn(-c2ccccc2)c1C(=O)OC. The lowest BCUT2D eigenvalue weighted by Gasteiger charge is -2.17. The van der Waals surface area contributed by atoms with Crippen molar-refractivity contribution in [3.05, 3.63) is 71.2 Å². The molecule has 0 radical (unpaired) electrons. The minimum atomic E-state index is -0.726. The van der Waals surface area contributed by atoms with Crippen LogP contribution in [0.1, 0.15) is 39.3 Å². The largest absolute Gasteiger partial charge is 0.465 e. The molecule has 3 aromatic rings. The fourth-order valence-corrected chi connectivity index (χ4v) is 4.05. The van der Waals surface area contributed by atoms with Crippen molar-refractivity contribution >= 4 is 11.9 Å². The van der Waals surface area contributed by atoms with Gasteiger partial charge in [-0.25, -0.2) is 18.7 Å². The van der Waals surface area contributed by atoms with E-state index in [1.807, 2.05) is 6.07 Å². The number of ether oxygens (including phenoxy) is 2. The number of carbonyl (C=O) groups is 2. The summed E-state index contributed by atoms with van der Waals surface area (Å²) in [6.07, 6.45) is 2.18. The third-order valence-electron chi connectivity index (χ3n) is 5.57. The lowest BCUT2D eigenvalue weighted by Crippen LogP contribution is -2.19. The Kier molecular flexibility index (Phi) is 6.32. The van der Waals surface area contributed by atoms with Crippen LogP contribution < -0.4 is 0 Å². The minimum Gasteiger partial charge on any atom is -0.465 e. The first-order valence-electron chi connectivity index (χ1n) is 10.4. The molecule has 1 saturated heterocycles. The monoisotopic (exact) mass is 437 g/mol. The molecule has 7 nitrogen and oxygen atoms in total. The molecule has 8 heteroatoms. The lowest BCUT2D eigenvalue weighted by atomic mass is 9.99. The van der Waals surface area contributed by atoms with E-state index in [9.17, 15) is 14.0 Å². The van der Waals surface area contributed by atoms with Crippen LogP contribution in [0.3, 0.4) is 0 Å². The summed E-state index contributed by atoms with van der Waals surface area (Å²) in [6, 6.07) is 13.3. The summed E-state index contributed by atoms with van der Waals surface area (Å²) in [5, 5.41) is 4.63. The average molecular weight is 437 g/mol. The molecule has 0 spiro atoms. The Morgan fingerprint density at radius 2 is 1.69 bits per heavy atom. The van der Waals surface area contributed by atoms with Crippen molar-refractivity contribution < 1.29 is 23.5 Å². The predicted octanol–water partition coefficient (Wildman–Crippen LogP) is 3.85. The first-order valence-corrected chi connectivity index (χ1v) is 10.4. The molecule has 0 atom stereocenters. The molecule has 0 saturated carbocycles. The van der Waals surface area contributed by atoms with Crippen molar-refractivity contribution in [2.24, 2.45) is 0 Å². The van der Waals surface area contributed by atoms with E-state index in [1.54, 1.807) is 30.3 Å². The molecule has 0 N–H and O–H groups in total. The standard InChI is InChI=1S/C24H24FN3O4/c1-31-23(29)20-21(19-11-10-17(25)14-16(19)15-27-12-6-7-13-27)26-28(22(20)24(30)32-2)18-8-4-3-5-9-18/h3-5,8-11,14H,6-7,12-13,15H2,1-2H3. The molecule has 4 rings (SSSR count). The Labute approximate surface area is 185 Å². The van der Waals surface area contributed by atoms with Crippen LogP contribution in [0.25, 0.3) is 16.9 Å². The van der Waals surface area contributed by atoms with Gasteiger partial charge >= 0.3 is 11.9 Å². The Bertz CT molecular complexity index is 1140. The second-order valence-electron chi connectivity index (χ2n) is 7.59. The summed E-state index contributed by atoms with van der Waals surface area (Å²) >= 11 is 0. The zero-order valence-electron chi connectivity index (χ0n) is 18.0. The number of carbonyl (C=O) groups excluding carboxylic acids is 2. The van der Waals surface area contributed by atoms with Crippen molar-refractivity contribution in [3.8, 4) is 16.9 Å². The molecule has 0 bridgehead atoms. The summed E-state index contributed by atoms with van der Waals surface area (Å²) in [4.78, 5) is 27.8. The number of esters is 2. The highest BCUT2D eigenvalue weighted by molar-refractivity contribution is 6.07. The van der Waals surface area contributed by atoms with E-state index in [4.69, 9.17) is 9.47 Å². The van der Waals surface area contributed by atoms with Crippen LogP contribution in [0, 0.1) is 5.82 Å². The molecule has 2 aromatic carbocycles. The van der Waals surface area contributed by atoms with Crippen LogP contribution in [0.4, 0.5) is 4.39 Å². The number of nitrogens with zero attached hydrogens (tertiary/aromatic N) is 3. The van der Waals surface area contributed by atoms with E-state index in [0.717, 1.165) is 25.9 Å². The van der Waals surface area contributed by atoms with Gasteiger partial charge in [0.1, 0.15) is 17.1 Å². The highest BCUT2D eigenvalue weighted by Crippen LogP contribution is 2.32. The van der Waals surface area contributed by atoms with Gasteiger partial charge in [-0.05, 0) is 61.8 Å². The molecule has 1 aliphatic heterocycles. The summed E-state index contributed by atoms with van der Waals surface area (Å²) in [7, 11) is 2.48. The van der Waals surface area contributed by atoms with Crippen molar-refractivity contribution in [1.82, 2.24) is 14.7 Å². The molecular weight excluding hydrogens is 413 g/mol. The van der Waals surface area contributed by atoms with Gasteiger partial charge in [0.25, 0.3) is 0 Å². The summed E-state index contributed by atoms with van der Waals surface area (Å²) in [5.41, 5.74) is 2.02. The Morgan fingerprint density at radius 3 is 2.34 bits per heavy atom. The van der Waals surface area contributed by atoms with Crippen molar-refractivity contribution in [2.75, 3.05) is 27.3 Å². The third kappa shape index (κ3) is 4.13. The number of aromatic nitrogens is 2. The molecule has 1 aliphatic rings. The molecule has 1 aromatic heterocycles. The minimum absolute atomic E-state index is 0.0162. The van der Waals surface area contributed by atoms with Crippen LogP contribution >= 0.6 is 0 Å². The van der Waals surface area contributed by atoms with E-state index in [-0.39, 0.29) is 22.8 Å². The lowest BCUT2D eigenvalue weighted by molar-refractivity contribution is 0.0549. The second-order valence-corrected chi connectivity index (χ2v) is 7.59. The van der Waals surface area contributed by atoms with E-state index in [2.05, 4.69) is 10.00 Å². The Morgan fingerprint density at radius 1 is 1.00 bits per heavy atom. The van der Waals surface area contributed by atoms with Gasteiger partial charge in [-0.1, -0.05) is 18.2 Å². The van der Waals surface area contributed by atoms with Gasteiger partial charge in [0, 0.05) is 12.1 Å². The molecule has 0 aliphatic carbocycles. The summed E-state index contributed by atoms with van der Waals surface area (Å²) < 4.78 is 25.5. The number of likely N-dealkylation sites (tertiary alicyclic amines) is 1. The van der Waals surface area contributed by atoms with E-state index < -0.39 is 11.9 Å². The van der Waals surface area contributed by atoms with Crippen molar-refractivity contribution in [3.63, 3.8) is 0 Å². The first-order chi connectivity index (χ1) is 15.5. The summed E-state index contributed by atoms with van der Waals surface area (Å²) in [5.74, 6) is -1.83. The fraction of sp³-hybridized carbons (Fsp3) is 0.292. The van der Waals surface area contributed by atoms with E-state index in [1.165, 1.54) is 31.0 Å². The second kappa shape index (κ2) is 9.32. The normalized spacial score (nSPS) is 13.8. The Balaban J connectivity index is 1.96. The maximum absolute atomic E-state index is 14.2. The van der Waals surface area contributed by atoms with Crippen molar-refractivity contribution in [2.45, 2.75) is 19.4 Å². The maximum Gasteiger partial charge on any atom is 0.357 e. The van der Waals surface area contributed by atoms with E-state index in [0.29, 0.717) is 23.4 Å². The van der Waals surface area contributed by atoms with Gasteiger partial charge in [0.05, 0.1) is 19.9 Å². The molecule has 2 heterocycles. The van der Waals surface area contributed by atoms with Gasteiger partial charge in [-0.2, -0.15) is 5.10 Å². The number of rotatable bonds is 6. The fourth-order valence-electron chi connectivity index (χ4n) is 4.05. The van der Waals surface area contributed by atoms with Gasteiger partial charge in [-0.15, -0.1) is 0 Å². The topological polar surface area (TPSA) is 73.7 Å². The zero-order valence-corrected chi connectivity index (χ0v) is 18.0. The van der Waals surface area contributed by atoms with Gasteiger partial charge in [0.2, 0.25) is 0 Å². The van der Waals surface area contributed by atoms with E-state index >= 15 is 0 Å². The molecule has 32 heavy (non-hydrogen) atoms.